The van der Waals surface area contributed by atoms with Crippen molar-refractivity contribution < 1.29 is 27.5 Å². The number of amides is 1. The Balaban J connectivity index is 1.85. The van der Waals surface area contributed by atoms with Crippen molar-refractivity contribution in [2.24, 2.45) is 0 Å². The summed E-state index contributed by atoms with van der Waals surface area (Å²) in [5, 5.41) is 11.5. The van der Waals surface area contributed by atoms with Gasteiger partial charge in [-0.15, -0.1) is 0 Å². The smallest absolute Gasteiger partial charge is 0.321 e. The number of anilines is 1. The molecule has 2 N–H and O–H groups in total. The van der Waals surface area contributed by atoms with Crippen LogP contribution in [0.2, 0.25) is 0 Å². The first-order valence-corrected chi connectivity index (χ1v) is 9.42. The van der Waals surface area contributed by atoms with Crippen molar-refractivity contribution >= 4 is 27.6 Å². The minimum Gasteiger partial charge on any atom is -0.497 e. The minimum absolute atomic E-state index is 0.0546. The van der Waals surface area contributed by atoms with Crippen LogP contribution in [-0.2, 0) is 24.3 Å². The van der Waals surface area contributed by atoms with Gasteiger partial charge in [0.2, 0.25) is 10.0 Å². The van der Waals surface area contributed by atoms with E-state index in [1.807, 2.05) is 4.72 Å². The monoisotopic (exact) mass is 403 g/mol. The third-order valence-electron chi connectivity index (χ3n) is 3.42. The summed E-state index contributed by atoms with van der Waals surface area (Å²) < 4.78 is 36.2. The molecule has 2 aromatic rings. The summed E-state index contributed by atoms with van der Waals surface area (Å²) in [6.45, 7) is -1.28. The van der Waals surface area contributed by atoms with Crippen molar-refractivity contribution in [3.8, 4) is 11.8 Å². The molecule has 0 unspecified atom stereocenters. The molecule has 2 rings (SSSR count). The molecule has 0 atom stereocenters. The summed E-state index contributed by atoms with van der Waals surface area (Å²) in [4.78, 5) is 23.3. The SMILES string of the molecule is COc1cccc(NC(=O)COC(=O)CNS(=O)(=O)c2ccccc2C#N)c1. The highest BCUT2D eigenvalue weighted by Gasteiger charge is 2.19. The standard InChI is InChI=1S/C18H17N3O6S/c1-26-15-7-4-6-14(9-15)21-17(22)12-27-18(23)11-20-28(24,25)16-8-3-2-5-13(16)10-19/h2-9,20H,11-12H2,1H3,(H,21,22). The van der Waals surface area contributed by atoms with E-state index in [1.165, 1.54) is 31.4 Å². The third kappa shape index (κ3) is 5.80. The zero-order valence-electron chi connectivity index (χ0n) is 14.8. The van der Waals surface area contributed by atoms with Crippen molar-refractivity contribution in [1.82, 2.24) is 4.72 Å². The quantitative estimate of drug-likeness (QED) is 0.629. The van der Waals surface area contributed by atoms with Crippen molar-refractivity contribution in [2.75, 3.05) is 25.6 Å². The number of nitrogens with zero attached hydrogens (tertiary/aromatic N) is 1. The van der Waals surface area contributed by atoms with Crippen LogP contribution in [0.4, 0.5) is 5.69 Å². The predicted molar refractivity (Wildman–Crippen MR) is 98.9 cm³/mol. The molecule has 1 amide bonds. The van der Waals surface area contributed by atoms with E-state index in [1.54, 1.807) is 30.3 Å². The lowest BCUT2D eigenvalue weighted by Crippen LogP contribution is -2.32. The molecule has 0 saturated heterocycles. The Bertz CT molecular complexity index is 1010. The number of nitriles is 1. The zero-order valence-corrected chi connectivity index (χ0v) is 15.7. The first kappa shape index (κ1) is 20.9. The van der Waals surface area contributed by atoms with Gasteiger partial charge >= 0.3 is 5.97 Å². The molecule has 2 aromatic carbocycles. The van der Waals surface area contributed by atoms with Gasteiger partial charge in [0.25, 0.3) is 5.91 Å². The molecule has 9 nitrogen and oxygen atoms in total. The summed E-state index contributed by atoms with van der Waals surface area (Å²) in [6, 6.07) is 13.9. The Morgan fingerprint density at radius 1 is 1.14 bits per heavy atom. The van der Waals surface area contributed by atoms with Crippen molar-refractivity contribution in [3.63, 3.8) is 0 Å². The van der Waals surface area contributed by atoms with Gasteiger partial charge < -0.3 is 14.8 Å². The number of ether oxygens (including phenoxy) is 2. The Morgan fingerprint density at radius 2 is 1.89 bits per heavy atom. The lowest BCUT2D eigenvalue weighted by Gasteiger charge is -2.09. The van der Waals surface area contributed by atoms with Crippen molar-refractivity contribution in [2.45, 2.75) is 4.90 Å². The van der Waals surface area contributed by atoms with Crippen molar-refractivity contribution in [3.05, 3.63) is 54.1 Å². The van der Waals surface area contributed by atoms with Crippen LogP contribution in [0.5, 0.6) is 5.75 Å². The summed E-state index contributed by atoms with van der Waals surface area (Å²) in [6.07, 6.45) is 0. The molecule has 0 fully saturated rings. The molecule has 0 saturated carbocycles. The first-order chi connectivity index (χ1) is 13.4. The summed E-state index contributed by atoms with van der Waals surface area (Å²) >= 11 is 0. The van der Waals surface area contributed by atoms with Gasteiger partial charge in [-0.05, 0) is 24.3 Å². The molecule has 0 aliphatic heterocycles. The number of hydrogen-bond donors (Lipinski definition) is 2. The van der Waals surface area contributed by atoms with Gasteiger partial charge in [0.05, 0.1) is 17.6 Å². The van der Waals surface area contributed by atoms with E-state index in [4.69, 9.17) is 14.7 Å². The highest BCUT2D eigenvalue weighted by Crippen LogP contribution is 2.16. The van der Waals surface area contributed by atoms with E-state index >= 15 is 0 Å². The van der Waals surface area contributed by atoms with Crippen LogP contribution >= 0.6 is 0 Å². The van der Waals surface area contributed by atoms with Crippen LogP contribution < -0.4 is 14.8 Å². The number of carbonyl (C=O) groups is 2. The summed E-state index contributed by atoms with van der Waals surface area (Å²) in [5.41, 5.74) is 0.398. The lowest BCUT2D eigenvalue weighted by molar-refractivity contribution is -0.146. The molecule has 0 bridgehead atoms. The van der Waals surface area contributed by atoms with Crippen molar-refractivity contribution in [1.29, 1.82) is 5.26 Å². The maximum absolute atomic E-state index is 12.2. The van der Waals surface area contributed by atoms with Gasteiger partial charge in [0.15, 0.2) is 6.61 Å². The highest BCUT2D eigenvalue weighted by molar-refractivity contribution is 7.89. The van der Waals surface area contributed by atoms with E-state index in [0.29, 0.717) is 11.4 Å². The Kier molecular flexibility index (Phi) is 7.08. The van der Waals surface area contributed by atoms with Gasteiger partial charge in [-0.1, -0.05) is 18.2 Å². The molecule has 10 heteroatoms. The molecule has 0 heterocycles. The molecule has 0 aromatic heterocycles. The Labute approximate surface area is 161 Å². The number of esters is 1. The van der Waals surface area contributed by atoms with E-state index in [0.717, 1.165) is 0 Å². The number of methoxy groups -OCH3 is 1. The fraction of sp³-hybridized carbons (Fsp3) is 0.167. The molecular formula is C18H17N3O6S. The second kappa shape index (κ2) is 9.50. The second-order valence-corrected chi connectivity index (χ2v) is 7.11. The summed E-state index contributed by atoms with van der Waals surface area (Å²) in [7, 11) is -2.60. The van der Waals surface area contributed by atoms with Crippen LogP contribution in [0.3, 0.4) is 0 Å². The van der Waals surface area contributed by atoms with Crippen LogP contribution in [0.25, 0.3) is 0 Å². The molecule has 28 heavy (non-hydrogen) atoms. The van der Waals surface area contributed by atoms with Gasteiger partial charge in [-0.3, -0.25) is 9.59 Å². The van der Waals surface area contributed by atoms with Crippen LogP contribution in [0.1, 0.15) is 5.56 Å². The largest absolute Gasteiger partial charge is 0.497 e. The molecule has 0 radical (unpaired) electrons. The molecule has 0 aliphatic carbocycles. The zero-order chi connectivity index (χ0) is 20.6. The number of nitrogens with one attached hydrogen (secondary N) is 2. The number of hydrogen-bond acceptors (Lipinski definition) is 7. The van der Waals surface area contributed by atoms with Crippen LogP contribution in [0, 0.1) is 11.3 Å². The first-order valence-electron chi connectivity index (χ1n) is 7.94. The van der Waals surface area contributed by atoms with Crippen LogP contribution in [-0.4, -0.2) is 40.6 Å². The Hall–Kier alpha value is -3.42. The van der Waals surface area contributed by atoms with Gasteiger partial charge in [-0.25, -0.2) is 8.42 Å². The third-order valence-corrected chi connectivity index (χ3v) is 4.88. The maximum atomic E-state index is 12.2. The molecule has 0 aliphatic rings. The van der Waals surface area contributed by atoms with Gasteiger partial charge in [0.1, 0.15) is 18.4 Å². The van der Waals surface area contributed by atoms with E-state index < -0.39 is 35.1 Å². The molecule has 0 spiro atoms. The number of benzene rings is 2. The Morgan fingerprint density at radius 3 is 2.61 bits per heavy atom. The number of rotatable bonds is 8. The number of carbonyl (C=O) groups excluding carboxylic acids is 2. The molecular weight excluding hydrogens is 386 g/mol. The van der Waals surface area contributed by atoms with E-state index in [2.05, 4.69) is 5.32 Å². The molecule has 146 valence electrons. The fourth-order valence-electron chi connectivity index (χ4n) is 2.12. The lowest BCUT2D eigenvalue weighted by atomic mass is 10.2. The van der Waals surface area contributed by atoms with E-state index in [-0.39, 0.29) is 10.5 Å². The number of sulfonamides is 1. The van der Waals surface area contributed by atoms with Gasteiger partial charge in [0, 0.05) is 11.8 Å². The minimum atomic E-state index is -4.08. The van der Waals surface area contributed by atoms with E-state index in [9.17, 15) is 18.0 Å². The average molecular weight is 403 g/mol. The normalized spacial score (nSPS) is 10.6. The summed E-state index contributed by atoms with van der Waals surface area (Å²) in [5.74, 6) is -1.00. The maximum Gasteiger partial charge on any atom is 0.321 e. The van der Waals surface area contributed by atoms with Crippen LogP contribution in [0.15, 0.2) is 53.4 Å². The fourth-order valence-corrected chi connectivity index (χ4v) is 3.24. The second-order valence-electron chi connectivity index (χ2n) is 5.37. The average Bonchev–Trinajstić information content (AvgIpc) is 2.70. The topological polar surface area (TPSA) is 135 Å². The van der Waals surface area contributed by atoms with Gasteiger partial charge in [-0.2, -0.15) is 9.98 Å². The highest BCUT2D eigenvalue weighted by atomic mass is 32.2. The predicted octanol–water partition coefficient (Wildman–Crippen LogP) is 1.03.